The first-order valence-electron chi connectivity index (χ1n) is 8.25. The van der Waals surface area contributed by atoms with Gasteiger partial charge in [-0.3, -0.25) is 4.79 Å². The quantitative estimate of drug-likeness (QED) is 0.579. The number of ether oxygens (including phenoxy) is 1. The molecule has 0 bridgehead atoms. The van der Waals surface area contributed by atoms with Gasteiger partial charge in [0.1, 0.15) is 17.7 Å². The zero-order valence-corrected chi connectivity index (χ0v) is 14.7. The Hall–Kier alpha value is -3.68. The number of hydrogen-bond acceptors (Lipinski definition) is 7. The van der Waals surface area contributed by atoms with E-state index in [1.165, 1.54) is 0 Å². The smallest absolute Gasteiger partial charge is 0.236 e. The average molecular weight is 364 g/mol. The van der Waals surface area contributed by atoms with Crippen molar-refractivity contribution < 1.29 is 18.5 Å². The highest BCUT2D eigenvalue weighted by Gasteiger charge is 2.15. The third kappa shape index (κ3) is 3.50. The van der Waals surface area contributed by atoms with Gasteiger partial charge < -0.3 is 19.0 Å². The van der Waals surface area contributed by atoms with Gasteiger partial charge in [0, 0.05) is 12.5 Å². The topological polar surface area (TPSA) is 103 Å². The molecule has 0 fully saturated rings. The number of hydrogen-bond donors (Lipinski definition) is 1. The Morgan fingerprint density at radius 1 is 1.15 bits per heavy atom. The number of benzene rings is 2. The predicted molar refractivity (Wildman–Crippen MR) is 97.4 cm³/mol. The molecule has 2 aromatic heterocycles. The summed E-state index contributed by atoms with van der Waals surface area (Å²) >= 11 is 0. The molecule has 27 heavy (non-hydrogen) atoms. The fourth-order valence-electron chi connectivity index (χ4n) is 2.67. The predicted octanol–water partition coefficient (Wildman–Crippen LogP) is 3.38. The molecule has 0 unspecified atom stereocenters. The summed E-state index contributed by atoms with van der Waals surface area (Å²) in [5, 5.41) is 6.71. The van der Waals surface area contributed by atoms with E-state index in [9.17, 15) is 4.79 Å². The average Bonchev–Trinajstić information content (AvgIpc) is 3.28. The van der Waals surface area contributed by atoms with Crippen LogP contribution < -0.4 is 10.1 Å². The minimum absolute atomic E-state index is 0.0489. The Bertz CT molecular complexity index is 1100. The van der Waals surface area contributed by atoms with Crippen LogP contribution in [-0.4, -0.2) is 28.1 Å². The van der Waals surface area contributed by atoms with E-state index in [1.54, 1.807) is 38.3 Å². The summed E-state index contributed by atoms with van der Waals surface area (Å²) in [4.78, 5) is 20.9. The highest BCUT2D eigenvalue weighted by Crippen LogP contribution is 2.24. The Morgan fingerprint density at radius 3 is 2.74 bits per heavy atom. The first-order valence-corrected chi connectivity index (χ1v) is 8.25. The number of oxazole rings is 1. The van der Waals surface area contributed by atoms with Gasteiger partial charge in [0.25, 0.3) is 0 Å². The van der Waals surface area contributed by atoms with Crippen LogP contribution in [0.3, 0.4) is 0 Å². The molecule has 0 spiro atoms. The summed E-state index contributed by atoms with van der Waals surface area (Å²) in [5.74, 6) is 1.61. The number of carbonyl (C=O) groups excluding carboxylic acids is 1. The summed E-state index contributed by atoms with van der Waals surface area (Å²) in [6.45, 7) is 1.75. The van der Waals surface area contributed by atoms with Gasteiger partial charge in [-0.15, -0.1) is 0 Å². The van der Waals surface area contributed by atoms with E-state index in [0.29, 0.717) is 28.5 Å². The van der Waals surface area contributed by atoms with E-state index in [-0.39, 0.29) is 18.2 Å². The van der Waals surface area contributed by atoms with Crippen molar-refractivity contribution in [1.82, 2.24) is 15.1 Å². The number of nitrogens with zero attached hydrogens (tertiary/aromatic N) is 3. The van der Waals surface area contributed by atoms with Crippen LogP contribution in [0.1, 0.15) is 11.8 Å². The number of para-hydroxylation sites is 1. The fourth-order valence-corrected chi connectivity index (χ4v) is 2.67. The van der Waals surface area contributed by atoms with Gasteiger partial charge in [-0.25, -0.2) is 4.98 Å². The van der Waals surface area contributed by atoms with Crippen molar-refractivity contribution >= 4 is 22.7 Å². The van der Waals surface area contributed by atoms with Gasteiger partial charge >= 0.3 is 0 Å². The van der Waals surface area contributed by atoms with Crippen molar-refractivity contribution in [2.75, 3.05) is 12.4 Å². The van der Waals surface area contributed by atoms with Gasteiger partial charge in [-0.05, 0) is 36.4 Å². The second kappa shape index (κ2) is 6.91. The third-order valence-electron chi connectivity index (χ3n) is 3.92. The number of aromatic nitrogens is 3. The maximum atomic E-state index is 12.3. The summed E-state index contributed by atoms with van der Waals surface area (Å²) < 4.78 is 15.9. The molecule has 4 rings (SSSR count). The lowest BCUT2D eigenvalue weighted by atomic mass is 10.2. The van der Waals surface area contributed by atoms with Gasteiger partial charge in [0.15, 0.2) is 11.5 Å². The van der Waals surface area contributed by atoms with Crippen LogP contribution in [-0.2, 0) is 11.2 Å². The number of nitrogens with one attached hydrogen (secondary N) is 1. The SMILES string of the molecule is COc1ccc(-c2noc(CC(=O)Nc3cccc4nc(C)oc34)n2)cc1. The Morgan fingerprint density at radius 2 is 1.96 bits per heavy atom. The Kier molecular flexibility index (Phi) is 4.29. The lowest BCUT2D eigenvalue weighted by Crippen LogP contribution is -2.14. The fraction of sp³-hybridized carbons (Fsp3) is 0.158. The molecule has 0 saturated carbocycles. The Labute approximate surface area is 154 Å². The van der Waals surface area contributed by atoms with Crippen molar-refractivity contribution in [1.29, 1.82) is 0 Å². The van der Waals surface area contributed by atoms with Crippen molar-refractivity contribution in [3.05, 3.63) is 54.2 Å². The second-order valence-corrected chi connectivity index (χ2v) is 5.85. The van der Waals surface area contributed by atoms with Gasteiger partial charge in [0.2, 0.25) is 17.6 Å². The number of aryl methyl sites for hydroxylation is 1. The first-order chi connectivity index (χ1) is 13.1. The molecule has 1 N–H and O–H groups in total. The van der Waals surface area contributed by atoms with Crippen LogP contribution in [0.2, 0.25) is 0 Å². The molecule has 1 amide bonds. The molecule has 0 radical (unpaired) electrons. The largest absolute Gasteiger partial charge is 0.497 e. The van der Waals surface area contributed by atoms with Gasteiger partial charge in [-0.1, -0.05) is 11.2 Å². The number of carbonyl (C=O) groups is 1. The minimum Gasteiger partial charge on any atom is -0.497 e. The molecular weight excluding hydrogens is 348 g/mol. The van der Waals surface area contributed by atoms with Crippen LogP contribution in [0.5, 0.6) is 5.75 Å². The summed E-state index contributed by atoms with van der Waals surface area (Å²) in [6.07, 6.45) is -0.0489. The molecular formula is C19H16N4O4. The Balaban J connectivity index is 1.47. The highest BCUT2D eigenvalue weighted by molar-refractivity contribution is 5.99. The van der Waals surface area contributed by atoms with E-state index in [4.69, 9.17) is 13.7 Å². The van der Waals surface area contributed by atoms with Gasteiger partial charge in [-0.2, -0.15) is 4.98 Å². The normalized spacial score (nSPS) is 10.9. The number of amides is 1. The van der Waals surface area contributed by atoms with E-state index >= 15 is 0 Å². The molecule has 0 saturated heterocycles. The maximum absolute atomic E-state index is 12.3. The monoisotopic (exact) mass is 364 g/mol. The minimum atomic E-state index is -0.290. The van der Waals surface area contributed by atoms with E-state index in [0.717, 1.165) is 11.3 Å². The van der Waals surface area contributed by atoms with Crippen LogP contribution in [0.4, 0.5) is 5.69 Å². The molecule has 2 aromatic carbocycles. The molecule has 0 aliphatic carbocycles. The zero-order valence-electron chi connectivity index (χ0n) is 14.7. The molecule has 0 aliphatic rings. The molecule has 136 valence electrons. The van der Waals surface area contributed by atoms with Crippen LogP contribution in [0, 0.1) is 6.92 Å². The third-order valence-corrected chi connectivity index (χ3v) is 3.92. The zero-order chi connectivity index (χ0) is 18.8. The summed E-state index contributed by atoms with van der Waals surface area (Å²) in [5.41, 5.74) is 2.54. The molecule has 4 aromatic rings. The summed E-state index contributed by atoms with van der Waals surface area (Å²) in [7, 11) is 1.60. The van der Waals surface area contributed by atoms with Crippen LogP contribution >= 0.6 is 0 Å². The van der Waals surface area contributed by atoms with Crippen LogP contribution in [0.25, 0.3) is 22.5 Å². The highest BCUT2D eigenvalue weighted by atomic mass is 16.5. The van der Waals surface area contributed by atoms with Crippen molar-refractivity contribution in [3.8, 4) is 17.1 Å². The molecule has 8 nitrogen and oxygen atoms in total. The first kappa shape index (κ1) is 16.8. The molecule has 0 atom stereocenters. The summed E-state index contributed by atoms with van der Waals surface area (Å²) in [6, 6.07) is 12.6. The molecule has 8 heteroatoms. The van der Waals surface area contributed by atoms with E-state index in [1.807, 2.05) is 18.2 Å². The van der Waals surface area contributed by atoms with E-state index in [2.05, 4.69) is 20.4 Å². The van der Waals surface area contributed by atoms with Crippen molar-refractivity contribution in [3.63, 3.8) is 0 Å². The number of rotatable bonds is 5. The van der Waals surface area contributed by atoms with Gasteiger partial charge in [0.05, 0.1) is 12.8 Å². The second-order valence-electron chi connectivity index (χ2n) is 5.85. The standard InChI is InChI=1S/C19H16N4O4/c1-11-20-14-4-3-5-15(18(14)26-11)21-16(24)10-17-22-19(23-27-17)12-6-8-13(25-2)9-7-12/h3-9H,10H2,1-2H3,(H,21,24). The van der Waals surface area contributed by atoms with E-state index < -0.39 is 0 Å². The van der Waals surface area contributed by atoms with Crippen molar-refractivity contribution in [2.24, 2.45) is 0 Å². The van der Waals surface area contributed by atoms with Crippen LogP contribution in [0.15, 0.2) is 51.4 Å². The van der Waals surface area contributed by atoms with Crippen molar-refractivity contribution in [2.45, 2.75) is 13.3 Å². The lowest BCUT2D eigenvalue weighted by molar-refractivity contribution is -0.115. The number of methoxy groups -OCH3 is 1. The maximum Gasteiger partial charge on any atom is 0.236 e. The molecule has 2 heterocycles. The number of fused-ring (bicyclic) bond motifs is 1. The lowest BCUT2D eigenvalue weighted by Gasteiger charge is -2.03. The number of anilines is 1. The molecule has 0 aliphatic heterocycles.